The van der Waals surface area contributed by atoms with Gasteiger partial charge in [-0.2, -0.15) is 0 Å². The Balaban J connectivity index is 1.99. The number of aromatic nitrogens is 3. The summed E-state index contributed by atoms with van der Waals surface area (Å²) in [4.78, 5) is 2.28. The van der Waals surface area contributed by atoms with E-state index in [-0.39, 0.29) is 6.17 Å². The number of nitrogens with zero attached hydrogens (tertiary/aromatic N) is 4. The molecule has 0 saturated carbocycles. The molecule has 1 aliphatic heterocycles. The van der Waals surface area contributed by atoms with E-state index in [1.165, 1.54) is 6.42 Å². The predicted molar refractivity (Wildman–Crippen MR) is 83.2 cm³/mol. The first-order chi connectivity index (χ1) is 9.31. The molecule has 0 aliphatic carbocycles. The summed E-state index contributed by atoms with van der Waals surface area (Å²) in [6.07, 6.45) is 2.31. The van der Waals surface area contributed by atoms with E-state index in [0.29, 0.717) is 0 Å². The van der Waals surface area contributed by atoms with Crippen molar-refractivity contribution >= 4 is 39.3 Å². The molecule has 1 unspecified atom stereocenters. The van der Waals surface area contributed by atoms with E-state index in [9.17, 15) is 0 Å². The molecule has 1 fully saturated rings. The largest absolute Gasteiger partial charge is 0.335 e. The normalized spacial score (nSPS) is 17.9. The van der Waals surface area contributed by atoms with Crippen molar-refractivity contribution in [2.24, 2.45) is 0 Å². The first-order valence-corrected chi connectivity index (χ1v) is 7.94. The van der Waals surface area contributed by atoms with Crippen LogP contribution in [0, 0.1) is 0 Å². The van der Waals surface area contributed by atoms with Gasteiger partial charge in [-0.25, -0.2) is 4.68 Å². The van der Waals surface area contributed by atoms with E-state index in [4.69, 9.17) is 12.2 Å². The molecule has 0 radical (unpaired) electrons. The molecule has 19 heavy (non-hydrogen) atoms. The SMILES string of the molecule is CCC(N1CCCSC1=S)n1nnc2ccccc21. The molecule has 0 N–H and O–H groups in total. The highest BCUT2D eigenvalue weighted by atomic mass is 32.2. The van der Waals surface area contributed by atoms with Crippen molar-refractivity contribution in [2.75, 3.05) is 12.3 Å². The molecule has 1 aliphatic rings. The second-order valence-corrected chi connectivity index (χ2v) is 6.30. The van der Waals surface area contributed by atoms with Crippen LogP contribution in [-0.2, 0) is 0 Å². The quantitative estimate of drug-likeness (QED) is 0.812. The third kappa shape index (κ3) is 2.34. The molecule has 4 nitrogen and oxygen atoms in total. The van der Waals surface area contributed by atoms with Crippen molar-refractivity contribution in [1.29, 1.82) is 0 Å². The summed E-state index contributed by atoms with van der Waals surface area (Å²) in [7, 11) is 0. The highest BCUT2D eigenvalue weighted by molar-refractivity contribution is 8.22. The second-order valence-electron chi connectivity index (χ2n) is 4.57. The Bertz CT molecular complexity index is 595. The monoisotopic (exact) mass is 292 g/mol. The van der Waals surface area contributed by atoms with Crippen molar-refractivity contribution in [2.45, 2.75) is 25.9 Å². The number of hydrogen-bond donors (Lipinski definition) is 0. The minimum atomic E-state index is 0.174. The van der Waals surface area contributed by atoms with Crippen molar-refractivity contribution in [3.63, 3.8) is 0 Å². The number of thiocarbonyl (C=S) groups is 1. The van der Waals surface area contributed by atoms with Crippen LogP contribution in [-0.4, -0.2) is 36.5 Å². The highest BCUT2D eigenvalue weighted by Gasteiger charge is 2.26. The third-order valence-corrected chi connectivity index (χ3v) is 4.95. The summed E-state index contributed by atoms with van der Waals surface area (Å²) in [6, 6.07) is 8.08. The summed E-state index contributed by atoms with van der Waals surface area (Å²) in [6.45, 7) is 3.18. The van der Waals surface area contributed by atoms with E-state index in [0.717, 1.165) is 34.1 Å². The van der Waals surface area contributed by atoms with Gasteiger partial charge >= 0.3 is 0 Å². The molecular weight excluding hydrogens is 276 g/mol. The van der Waals surface area contributed by atoms with Gasteiger partial charge in [-0.1, -0.05) is 48.2 Å². The first-order valence-electron chi connectivity index (χ1n) is 6.54. The lowest BCUT2D eigenvalue weighted by molar-refractivity contribution is 0.218. The Morgan fingerprint density at radius 2 is 2.26 bits per heavy atom. The maximum atomic E-state index is 5.49. The van der Waals surface area contributed by atoms with E-state index in [1.807, 2.05) is 22.9 Å². The van der Waals surface area contributed by atoms with Crippen LogP contribution in [0.5, 0.6) is 0 Å². The fourth-order valence-corrected chi connectivity index (χ4v) is 3.76. The van der Waals surface area contributed by atoms with E-state index >= 15 is 0 Å². The topological polar surface area (TPSA) is 34.0 Å². The first kappa shape index (κ1) is 12.9. The lowest BCUT2D eigenvalue weighted by Crippen LogP contribution is -2.39. The van der Waals surface area contributed by atoms with Gasteiger partial charge in [0.15, 0.2) is 0 Å². The average Bonchev–Trinajstić information content (AvgIpc) is 2.86. The highest BCUT2D eigenvalue weighted by Crippen LogP contribution is 2.28. The summed E-state index contributed by atoms with van der Waals surface area (Å²) >= 11 is 7.26. The predicted octanol–water partition coefficient (Wildman–Crippen LogP) is 3.06. The summed E-state index contributed by atoms with van der Waals surface area (Å²) < 4.78 is 2.99. The molecule has 3 rings (SSSR count). The minimum Gasteiger partial charge on any atom is -0.335 e. The molecule has 2 aromatic rings. The molecular formula is C13H16N4S2. The smallest absolute Gasteiger partial charge is 0.138 e. The van der Waals surface area contributed by atoms with Crippen molar-refractivity contribution in [3.05, 3.63) is 24.3 Å². The zero-order chi connectivity index (χ0) is 13.2. The van der Waals surface area contributed by atoms with Gasteiger partial charge in [0.05, 0.1) is 5.52 Å². The molecule has 0 spiro atoms. The number of thioether (sulfide) groups is 1. The van der Waals surface area contributed by atoms with Crippen LogP contribution in [0.4, 0.5) is 0 Å². The Morgan fingerprint density at radius 3 is 3.05 bits per heavy atom. The lowest BCUT2D eigenvalue weighted by atomic mass is 10.2. The van der Waals surface area contributed by atoms with E-state index in [2.05, 4.69) is 28.2 Å². The summed E-state index contributed by atoms with van der Waals surface area (Å²) in [5.41, 5.74) is 2.02. The third-order valence-electron chi connectivity index (χ3n) is 3.39. The van der Waals surface area contributed by atoms with Crippen LogP contribution in [0.25, 0.3) is 11.0 Å². The lowest BCUT2D eigenvalue weighted by Gasteiger charge is -2.35. The van der Waals surface area contributed by atoms with Crippen molar-refractivity contribution in [3.8, 4) is 0 Å². The zero-order valence-electron chi connectivity index (χ0n) is 10.8. The van der Waals surface area contributed by atoms with Gasteiger partial charge in [-0.05, 0) is 25.0 Å². The van der Waals surface area contributed by atoms with E-state index < -0.39 is 0 Å². The minimum absolute atomic E-state index is 0.174. The van der Waals surface area contributed by atoms with Gasteiger partial charge in [0.2, 0.25) is 0 Å². The van der Waals surface area contributed by atoms with Gasteiger partial charge in [-0.3, -0.25) is 0 Å². The Labute approximate surface area is 122 Å². The van der Waals surface area contributed by atoms with Gasteiger partial charge in [-0.15, -0.1) is 5.10 Å². The second kappa shape index (κ2) is 5.46. The number of para-hydroxylation sites is 1. The van der Waals surface area contributed by atoms with Gasteiger partial charge < -0.3 is 4.90 Å². The van der Waals surface area contributed by atoms with Crippen LogP contribution in [0.15, 0.2) is 24.3 Å². The summed E-state index contributed by atoms with van der Waals surface area (Å²) in [5.74, 6) is 1.13. The Kier molecular flexibility index (Phi) is 3.70. The molecule has 1 atom stereocenters. The standard InChI is InChI=1S/C13H16N4S2/c1-2-12(16-8-5-9-19-13(16)18)17-11-7-4-3-6-10(11)14-15-17/h3-4,6-7,12H,2,5,8-9H2,1H3. The number of fused-ring (bicyclic) bond motifs is 1. The maximum absolute atomic E-state index is 5.49. The molecule has 1 aromatic heterocycles. The van der Waals surface area contributed by atoms with Crippen LogP contribution >= 0.6 is 24.0 Å². The molecule has 0 amide bonds. The van der Waals surface area contributed by atoms with Crippen LogP contribution in [0.3, 0.4) is 0 Å². The van der Waals surface area contributed by atoms with Crippen molar-refractivity contribution < 1.29 is 0 Å². The molecule has 1 saturated heterocycles. The molecule has 1 aromatic carbocycles. The molecule has 100 valence electrons. The number of rotatable bonds is 3. The molecule has 2 heterocycles. The Hall–Kier alpha value is -1.14. The number of hydrogen-bond acceptors (Lipinski definition) is 4. The fourth-order valence-electron chi connectivity index (χ4n) is 2.47. The van der Waals surface area contributed by atoms with E-state index in [1.54, 1.807) is 11.8 Å². The molecule has 0 bridgehead atoms. The van der Waals surface area contributed by atoms with Crippen LogP contribution < -0.4 is 0 Å². The zero-order valence-corrected chi connectivity index (χ0v) is 12.5. The molecule has 6 heteroatoms. The average molecular weight is 292 g/mol. The van der Waals surface area contributed by atoms with Crippen LogP contribution in [0.1, 0.15) is 25.9 Å². The van der Waals surface area contributed by atoms with Gasteiger partial charge in [0.1, 0.15) is 16.0 Å². The summed E-state index contributed by atoms with van der Waals surface area (Å²) in [5, 5.41) is 8.58. The number of benzene rings is 1. The Morgan fingerprint density at radius 1 is 1.42 bits per heavy atom. The van der Waals surface area contributed by atoms with Crippen LogP contribution in [0.2, 0.25) is 0 Å². The van der Waals surface area contributed by atoms with Gasteiger partial charge in [0, 0.05) is 12.3 Å². The fraction of sp³-hybridized carbons (Fsp3) is 0.462. The maximum Gasteiger partial charge on any atom is 0.138 e. The van der Waals surface area contributed by atoms with Crippen molar-refractivity contribution in [1.82, 2.24) is 19.9 Å². The van der Waals surface area contributed by atoms with Gasteiger partial charge in [0.25, 0.3) is 0 Å².